The normalized spacial score (nSPS) is 10.2. The fourth-order valence-electron chi connectivity index (χ4n) is 1.35. The van der Waals surface area contributed by atoms with E-state index in [0.29, 0.717) is 11.4 Å². The Morgan fingerprint density at radius 1 is 1.53 bits per heavy atom. The van der Waals surface area contributed by atoms with Gasteiger partial charge in [0.2, 0.25) is 5.91 Å². The molecule has 2 rings (SSSR count). The van der Waals surface area contributed by atoms with Gasteiger partial charge in [0.15, 0.2) is 0 Å². The van der Waals surface area contributed by atoms with Crippen molar-refractivity contribution in [2.24, 2.45) is 0 Å². The van der Waals surface area contributed by atoms with E-state index in [0.717, 1.165) is 5.69 Å². The molecular weight excluding hydrogens is 236 g/mol. The van der Waals surface area contributed by atoms with Gasteiger partial charge in [0.25, 0.3) is 0 Å². The molecular formula is C11H12N4OS. The topological polar surface area (TPSA) is 59.8 Å². The maximum Gasteiger partial charge on any atom is 0.234 e. The number of carbonyl (C=O) groups is 1. The molecule has 5 nitrogen and oxygen atoms in total. The summed E-state index contributed by atoms with van der Waals surface area (Å²) in [6.45, 7) is 0. The van der Waals surface area contributed by atoms with Gasteiger partial charge in [-0.05, 0) is 18.4 Å². The Labute approximate surface area is 103 Å². The summed E-state index contributed by atoms with van der Waals surface area (Å²) in [6.07, 6.45) is 8.67. The number of pyridine rings is 1. The lowest BCUT2D eigenvalue weighted by molar-refractivity contribution is -0.113. The van der Waals surface area contributed by atoms with Crippen molar-refractivity contribution in [3.63, 3.8) is 0 Å². The Morgan fingerprint density at radius 3 is 3.12 bits per heavy atom. The fourth-order valence-corrected chi connectivity index (χ4v) is 1.68. The summed E-state index contributed by atoms with van der Waals surface area (Å²) in [4.78, 5) is 15.4. The first kappa shape index (κ1) is 11.7. The van der Waals surface area contributed by atoms with Gasteiger partial charge >= 0.3 is 0 Å². The molecule has 0 aliphatic heterocycles. The minimum Gasteiger partial charge on any atom is -0.323 e. The van der Waals surface area contributed by atoms with Crippen molar-refractivity contribution in [1.29, 1.82) is 0 Å². The molecule has 6 heteroatoms. The number of carbonyl (C=O) groups excluding carboxylic acids is 1. The highest BCUT2D eigenvalue weighted by Gasteiger charge is 2.04. The molecule has 0 aliphatic carbocycles. The van der Waals surface area contributed by atoms with Crippen LogP contribution in [0.1, 0.15) is 0 Å². The summed E-state index contributed by atoms with van der Waals surface area (Å²) in [5.74, 6) is 0.418. The predicted molar refractivity (Wildman–Crippen MR) is 68.4 cm³/mol. The van der Waals surface area contributed by atoms with Crippen LogP contribution in [0.2, 0.25) is 0 Å². The predicted octanol–water partition coefficient (Wildman–Crippen LogP) is 1.57. The Hall–Kier alpha value is -1.82. The summed E-state index contributed by atoms with van der Waals surface area (Å²) in [6, 6.07) is 3.73. The molecule has 0 spiro atoms. The van der Waals surface area contributed by atoms with Crippen LogP contribution in [0.4, 0.5) is 5.69 Å². The van der Waals surface area contributed by atoms with E-state index in [2.05, 4.69) is 15.4 Å². The quantitative estimate of drug-likeness (QED) is 0.892. The van der Waals surface area contributed by atoms with Crippen LogP contribution in [0.5, 0.6) is 0 Å². The van der Waals surface area contributed by atoms with Gasteiger partial charge in [0, 0.05) is 6.20 Å². The van der Waals surface area contributed by atoms with E-state index < -0.39 is 0 Å². The van der Waals surface area contributed by atoms with Crippen LogP contribution >= 0.6 is 11.8 Å². The van der Waals surface area contributed by atoms with Crippen LogP contribution < -0.4 is 5.32 Å². The van der Waals surface area contributed by atoms with Gasteiger partial charge in [-0.25, -0.2) is 4.68 Å². The third kappa shape index (κ3) is 3.07. The number of anilines is 1. The Bertz CT molecular complexity index is 497. The third-order valence-electron chi connectivity index (χ3n) is 2.05. The van der Waals surface area contributed by atoms with Gasteiger partial charge < -0.3 is 5.32 Å². The van der Waals surface area contributed by atoms with E-state index in [9.17, 15) is 4.79 Å². The van der Waals surface area contributed by atoms with E-state index >= 15 is 0 Å². The highest BCUT2D eigenvalue weighted by Crippen LogP contribution is 2.10. The monoisotopic (exact) mass is 248 g/mol. The lowest BCUT2D eigenvalue weighted by Gasteiger charge is -2.00. The number of hydrogen-bond donors (Lipinski definition) is 1. The number of nitrogens with one attached hydrogen (secondary N) is 1. The number of rotatable bonds is 4. The molecule has 0 radical (unpaired) electrons. The SMILES string of the molecule is CSCC(=O)Nc1cnn(-c2cccnc2)c1. The maximum absolute atomic E-state index is 11.4. The third-order valence-corrected chi connectivity index (χ3v) is 2.60. The second-order valence-corrected chi connectivity index (χ2v) is 4.23. The number of thioether (sulfide) groups is 1. The zero-order valence-corrected chi connectivity index (χ0v) is 10.1. The lowest BCUT2D eigenvalue weighted by atomic mass is 10.4. The molecule has 1 N–H and O–H groups in total. The molecule has 1 amide bonds. The van der Waals surface area contributed by atoms with E-state index in [1.165, 1.54) is 11.8 Å². The molecule has 2 heterocycles. The summed E-state index contributed by atoms with van der Waals surface area (Å²) < 4.78 is 1.67. The van der Waals surface area contributed by atoms with Crippen molar-refractivity contribution < 1.29 is 4.79 Å². The van der Waals surface area contributed by atoms with Crippen LogP contribution in [0.25, 0.3) is 5.69 Å². The molecule has 88 valence electrons. The summed E-state index contributed by atoms with van der Waals surface area (Å²) in [7, 11) is 0. The largest absolute Gasteiger partial charge is 0.323 e. The molecule has 0 bridgehead atoms. The van der Waals surface area contributed by atoms with Crippen molar-refractivity contribution in [3.8, 4) is 5.69 Å². The molecule has 0 saturated heterocycles. The van der Waals surface area contributed by atoms with Gasteiger partial charge in [-0.3, -0.25) is 9.78 Å². The summed E-state index contributed by atoms with van der Waals surface area (Å²) >= 11 is 1.48. The first-order valence-electron chi connectivity index (χ1n) is 5.03. The van der Waals surface area contributed by atoms with E-state index in [1.807, 2.05) is 18.4 Å². The Morgan fingerprint density at radius 2 is 2.41 bits per heavy atom. The van der Waals surface area contributed by atoms with E-state index in [-0.39, 0.29) is 5.91 Å². The van der Waals surface area contributed by atoms with Crippen molar-refractivity contribution in [1.82, 2.24) is 14.8 Å². The molecule has 0 aliphatic rings. The second kappa shape index (κ2) is 5.49. The van der Waals surface area contributed by atoms with Crippen LogP contribution in [-0.2, 0) is 4.79 Å². The molecule has 2 aromatic heterocycles. The van der Waals surface area contributed by atoms with E-state index in [1.54, 1.807) is 29.5 Å². The standard InChI is InChI=1S/C11H12N4OS/c1-17-8-11(16)14-9-5-13-15(7-9)10-3-2-4-12-6-10/h2-7H,8H2,1H3,(H,14,16). The van der Waals surface area contributed by atoms with Gasteiger partial charge in [-0.15, -0.1) is 0 Å². The number of hydrogen-bond acceptors (Lipinski definition) is 4. The van der Waals surface area contributed by atoms with Crippen LogP contribution in [0, 0.1) is 0 Å². The zero-order chi connectivity index (χ0) is 12.1. The average molecular weight is 248 g/mol. The summed E-state index contributed by atoms with van der Waals surface area (Å²) in [5.41, 5.74) is 1.55. The molecule has 0 fully saturated rings. The van der Waals surface area contributed by atoms with Gasteiger partial charge in [0.1, 0.15) is 0 Å². The van der Waals surface area contributed by atoms with E-state index in [4.69, 9.17) is 0 Å². The fraction of sp³-hybridized carbons (Fsp3) is 0.182. The molecule has 0 atom stereocenters. The van der Waals surface area contributed by atoms with Crippen molar-refractivity contribution in [3.05, 3.63) is 36.9 Å². The van der Waals surface area contributed by atoms with Gasteiger partial charge in [-0.2, -0.15) is 16.9 Å². The number of aromatic nitrogens is 3. The van der Waals surface area contributed by atoms with Crippen LogP contribution in [0.15, 0.2) is 36.9 Å². The molecule has 0 aromatic carbocycles. The highest BCUT2D eigenvalue weighted by atomic mass is 32.2. The minimum atomic E-state index is -0.0248. The number of nitrogens with zero attached hydrogens (tertiary/aromatic N) is 3. The van der Waals surface area contributed by atoms with Crippen LogP contribution in [-0.4, -0.2) is 32.7 Å². The smallest absolute Gasteiger partial charge is 0.234 e. The lowest BCUT2D eigenvalue weighted by Crippen LogP contribution is -2.13. The maximum atomic E-state index is 11.4. The molecule has 0 unspecified atom stereocenters. The first-order valence-corrected chi connectivity index (χ1v) is 6.43. The molecule has 2 aromatic rings. The Balaban J connectivity index is 2.09. The first-order chi connectivity index (χ1) is 8.29. The molecule has 0 saturated carbocycles. The van der Waals surface area contributed by atoms with Crippen molar-refractivity contribution in [2.45, 2.75) is 0 Å². The molecule has 17 heavy (non-hydrogen) atoms. The average Bonchev–Trinajstić information content (AvgIpc) is 2.79. The van der Waals surface area contributed by atoms with Gasteiger partial charge in [-0.1, -0.05) is 0 Å². The zero-order valence-electron chi connectivity index (χ0n) is 9.33. The Kier molecular flexibility index (Phi) is 3.77. The van der Waals surface area contributed by atoms with Crippen molar-refractivity contribution in [2.75, 3.05) is 17.3 Å². The van der Waals surface area contributed by atoms with Crippen molar-refractivity contribution >= 4 is 23.4 Å². The summed E-state index contributed by atoms with van der Waals surface area (Å²) in [5, 5.41) is 6.92. The highest BCUT2D eigenvalue weighted by molar-refractivity contribution is 7.99. The van der Waals surface area contributed by atoms with Gasteiger partial charge in [0.05, 0.1) is 35.7 Å². The minimum absolute atomic E-state index is 0.0248. The van der Waals surface area contributed by atoms with Crippen LogP contribution in [0.3, 0.4) is 0 Å². The second-order valence-electron chi connectivity index (χ2n) is 3.37. The number of amides is 1.